The van der Waals surface area contributed by atoms with Gasteiger partial charge in [-0.1, -0.05) is 36.4 Å². The van der Waals surface area contributed by atoms with Gasteiger partial charge in [-0.05, 0) is 84.7 Å². The Labute approximate surface area is 236 Å². The van der Waals surface area contributed by atoms with Crippen molar-refractivity contribution in [2.24, 2.45) is 5.92 Å². The highest BCUT2D eigenvalue weighted by atomic mass is 16.6. The molecule has 2 fully saturated rings. The molecule has 0 unspecified atom stereocenters. The van der Waals surface area contributed by atoms with E-state index in [2.05, 4.69) is 50.2 Å². The molecule has 7 heteroatoms. The van der Waals surface area contributed by atoms with Crippen molar-refractivity contribution in [3.8, 4) is 22.6 Å². The van der Waals surface area contributed by atoms with Gasteiger partial charge in [0.1, 0.15) is 30.3 Å². The second-order valence-electron chi connectivity index (χ2n) is 10.6. The van der Waals surface area contributed by atoms with E-state index in [0.29, 0.717) is 32.3 Å². The first-order valence-corrected chi connectivity index (χ1v) is 13.9. The molecule has 40 heavy (non-hydrogen) atoms. The summed E-state index contributed by atoms with van der Waals surface area (Å²) in [6, 6.07) is 20.6. The van der Waals surface area contributed by atoms with Crippen molar-refractivity contribution in [3.05, 3.63) is 82.9 Å². The molecule has 5 rings (SSSR count). The number of esters is 1. The summed E-state index contributed by atoms with van der Waals surface area (Å²) in [7, 11) is 1.35. The Hall–Kier alpha value is -3.39. The van der Waals surface area contributed by atoms with Crippen LogP contribution in [0.25, 0.3) is 11.1 Å². The second kappa shape index (κ2) is 12.9. The molecular weight excluding hydrogens is 508 g/mol. The lowest BCUT2D eigenvalue weighted by atomic mass is 9.91. The lowest BCUT2D eigenvalue weighted by Gasteiger charge is -2.41. The van der Waals surface area contributed by atoms with Crippen molar-refractivity contribution in [2.45, 2.75) is 38.9 Å². The van der Waals surface area contributed by atoms with E-state index in [1.807, 2.05) is 24.3 Å². The Morgan fingerprint density at radius 1 is 0.925 bits per heavy atom. The molecule has 2 saturated heterocycles. The number of carbonyl (C=O) groups is 1. The third kappa shape index (κ3) is 6.49. The molecule has 2 heterocycles. The lowest BCUT2D eigenvalue weighted by Crippen LogP contribution is -2.49. The third-order valence-corrected chi connectivity index (χ3v) is 7.78. The number of carbonyl (C=O) groups excluding carboxylic acids is 1. The van der Waals surface area contributed by atoms with Gasteiger partial charge < -0.3 is 28.4 Å². The zero-order valence-electron chi connectivity index (χ0n) is 23.6. The van der Waals surface area contributed by atoms with Crippen LogP contribution < -0.4 is 9.47 Å². The SMILES string of the molecule is COC(=O)COC1(c2ccc(OCc3cc(-c4c(C)cccc4C)ccc3OCC3CCOCC3)cc2)COC1. The monoisotopic (exact) mass is 546 g/mol. The lowest BCUT2D eigenvalue weighted by molar-refractivity contribution is -0.220. The van der Waals surface area contributed by atoms with E-state index in [1.54, 1.807) is 0 Å². The fraction of sp³-hybridized carbons (Fsp3) is 0.424. The molecule has 0 N–H and O–H groups in total. The maximum absolute atomic E-state index is 11.6. The van der Waals surface area contributed by atoms with Crippen molar-refractivity contribution < 1.29 is 33.2 Å². The van der Waals surface area contributed by atoms with Gasteiger partial charge >= 0.3 is 5.97 Å². The molecule has 0 amide bonds. The minimum Gasteiger partial charge on any atom is -0.493 e. The summed E-state index contributed by atoms with van der Waals surface area (Å²) in [5, 5.41) is 0. The Bertz CT molecular complexity index is 1270. The van der Waals surface area contributed by atoms with Crippen LogP contribution in [0, 0.1) is 19.8 Å². The topological polar surface area (TPSA) is 72.5 Å². The largest absolute Gasteiger partial charge is 0.493 e. The molecule has 2 aliphatic heterocycles. The highest BCUT2D eigenvalue weighted by Crippen LogP contribution is 2.36. The van der Waals surface area contributed by atoms with Crippen molar-refractivity contribution >= 4 is 5.97 Å². The van der Waals surface area contributed by atoms with Gasteiger partial charge in [0.05, 0.1) is 26.9 Å². The van der Waals surface area contributed by atoms with Crippen LogP contribution in [0.1, 0.15) is 35.1 Å². The molecule has 212 valence electrons. The van der Waals surface area contributed by atoms with Gasteiger partial charge in [0.25, 0.3) is 0 Å². The summed E-state index contributed by atoms with van der Waals surface area (Å²) in [4.78, 5) is 11.6. The van der Waals surface area contributed by atoms with E-state index in [9.17, 15) is 4.79 Å². The van der Waals surface area contributed by atoms with Gasteiger partial charge in [0.15, 0.2) is 0 Å². The Morgan fingerprint density at radius 2 is 1.65 bits per heavy atom. The molecule has 0 atom stereocenters. The standard InChI is InChI=1S/C33H38O7/c1-23-5-4-6-24(2)32(23)26-7-12-30(39-18-25-13-15-36-16-14-25)27(17-26)19-38-29-10-8-28(9-11-29)33(21-37-22-33)40-20-31(34)35-3/h4-12,17,25H,13-16,18-22H2,1-3H3. The van der Waals surface area contributed by atoms with E-state index in [-0.39, 0.29) is 6.61 Å². The minimum absolute atomic E-state index is 0.120. The average molecular weight is 547 g/mol. The van der Waals surface area contributed by atoms with E-state index in [4.69, 9.17) is 28.4 Å². The fourth-order valence-electron chi connectivity index (χ4n) is 5.27. The number of rotatable bonds is 11. The van der Waals surface area contributed by atoms with Gasteiger partial charge in [-0.15, -0.1) is 0 Å². The van der Waals surface area contributed by atoms with Gasteiger partial charge in [-0.2, -0.15) is 0 Å². The van der Waals surface area contributed by atoms with Crippen LogP contribution in [-0.4, -0.2) is 52.7 Å². The summed E-state index contributed by atoms with van der Waals surface area (Å²) in [5.41, 5.74) is 6.16. The quantitative estimate of drug-likeness (QED) is 0.283. The number of ether oxygens (including phenoxy) is 6. The third-order valence-electron chi connectivity index (χ3n) is 7.78. The maximum atomic E-state index is 11.6. The van der Waals surface area contributed by atoms with Crippen molar-refractivity contribution in [1.29, 1.82) is 0 Å². The number of benzene rings is 3. The van der Waals surface area contributed by atoms with Crippen LogP contribution in [0.3, 0.4) is 0 Å². The zero-order chi connectivity index (χ0) is 28.0. The van der Waals surface area contributed by atoms with Crippen molar-refractivity contribution in [3.63, 3.8) is 0 Å². The smallest absolute Gasteiger partial charge is 0.331 e. The van der Waals surface area contributed by atoms with Crippen LogP contribution >= 0.6 is 0 Å². The first-order valence-electron chi connectivity index (χ1n) is 13.9. The van der Waals surface area contributed by atoms with Crippen molar-refractivity contribution in [2.75, 3.05) is 46.8 Å². The maximum Gasteiger partial charge on any atom is 0.331 e. The second-order valence-corrected chi connectivity index (χ2v) is 10.6. The first-order chi connectivity index (χ1) is 19.5. The van der Waals surface area contributed by atoms with Gasteiger partial charge in [-0.3, -0.25) is 0 Å². The predicted molar refractivity (Wildman–Crippen MR) is 152 cm³/mol. The van der Waals surface area contributed by atoms with E-state index >= 15 is 0 Å². The molecular formula is C33H38O7. The molecule has 0 spiro atoms. The first kappa shape index (κ1) is 28.1. The van der Waals surface area contributed by atoms with E-state index < -0.39 is 11.6 Å². The molecule has 0 bridgehead atoms. The average Bonchev–Trinajstić information content (AvgIpc) is 2.96. The summed E-state index contributed by atoms with van der Waals surface area (Å²) in [6.07, 6.45) is 2.04. The van der Waals surface area contributed by atoms with Crippen LogP contribution in [0.15, 0.2) is 60.7 Å². The van der Waals surface area contributed by atoms with Crippen LogP contribution in [0.2, 0.25) is 0 Å². The van der Waals surface area contributed by atoms with Gasteiger partial charge in [0, 0.05) is 18.8 Å². The summed E-state index contributed by atoms with van der Waals surface area (Å²) >= 11 is 0. The predicted octanol–water partition coefficient (Wildman–Crippen LogP) is 5.77. The highest BCUT2D eigenvalue weighted by molar-refractivity contribution is 5.72. The number of hydrogen-bond acceptors (Lipinski definition) is 7. The van der Waals surface area contributed by atoms with Crippen molar-refractivity contribution in [1.82, 2.24) is 0 Å². The van der Waals surface area contributed by atoms with Gasteiger partial charge in [-0.25, -0.2) is 4.79 Å². The normalized spacial score (nSPS) is 16.7. The summed E-state index contributed by atoms with van der Waals surface area (Å²) in [5.74, 6) is 1.67. The Morgan fingerprint density at radius 3 is 2.30 bits per heavy atom. The molecule has 3 aromatic carbocycles. The van der Waals surface area contributed by atoms with Gasteiger partial charge in [0.2, 0.25) is 0 Å². The molecule has 2 aliphatic rings. The Kier molecular flexibility index (Phi) is 9.04. The van der Waals surface area contributed by atoms with Crippen LogP contribution in [0.5, 0.6) is 11.5 Å². The summed E-state index contributed by atoms with van der Waals surface area (Å²) in [6.45, 7) is 7.59. The zero-order valence-corrected chi connectivity index (χ0v) is 23.6. The number of aryl methyl sites for hydroxylation is 2. The van der Waals surface area contributed by atoms with Crippen LogP contribution in [0.4, 0.5) is 0 Å². The minimum atomic E-state index is -0.641. The fourth-order valence-corrected chi connectivity index (χ4v) is 5.27. The van der Waals surface area contributed by atoms with E-state index in [1.165, 1.54) is 23.8 Å². The molecule has 0 aromatic heterocycles. The molecule has 0 aliphatic carbocycles. The number of hydrogen-bond donors (Lipinski definition) is 0. The van der Waals surface area contributed by atoms with E-state index in [0.717, 1.165) is 54.2 Å². The Balaban J connectivity index is 1.32. The molecule has 7 nitrogen and oxygen atoms in total. The molecule has 0 saturated carbocycles. The molecule has 0 radical (unpaired) electrons. The summed E-state index contributed by atoms with van der Waals surface area (Å²) < 4.78 is 34.1. The van der Waals surface area contributed by atoms with Crippen LogP contribution in [-0.2, 0) is 35.9 Å². The number of methoxy groups -OCH3 is 1. The molecule has 3 aromatic rings. The highest BCUT2D eigenvalue weighted by Gasteiger charge is 2.42.